The van der Waals surface area contributed by atoms with E-state index in [2.05, 4.69) is 32.6 Å². The second-order valence-corrected chi connectivity index (χ2v) is 5.04. The molecule has 0 spiro atoms. The highest BCUT2D eigenvalue weighted by molar-refractivity contribution is 4.57. The Morgan fingerprint density at radius 2 is 0.944 bits per heavy atom. The maximum atomic E-state index is 5.14. The molecule has 0 heterocycles. The van der Waals surface area contributed by atoms with Crippen molar-refractivity contribution in [1.82, 2.24) is 4.90 Å². The van der Waals surface area contributed by atoms with Crippen molar-refractivity contribution in [3.05, 3.63) is 0 Å². The predicted octanol–water partition coefficient (Wildman–Crippen LogP) is 4.43. The fourth-order valence-corrected chi connectivity index (χ4v) is 1.68. The Labute approximate surface area is 116 Å². The molecule has 0 rings (SSSR count). The van der Waals surface area contributed by atoms with Crippen molar-refractivity contribution >= 4 is 0 Å². The first-order chi connectivity index (χ1) is 8.76. The van der Waals surface area contributed by atoms with Gasteiger partial charge in [0.25, 0.3) is 0 Å². The minimum Gasteiger partial charge on any atom is -0.330 e. The van der Waals surface area contributed by atoms with E-state index in [1.807, 2.05) is 0 Å². The van der Waals surface area contributed by atoms with Crippen LogP contribution in [0.25, 0.3) is 0 Å². The van der Waals surface area contributed by atoms with Gasteiger partial charge in [-0.3, -0.25) is 0 Å². The number of unbranched alkanes of at least 4 members (excludes halogenated alkanes) is 4. The van der Waals surface area contributed by atoms with Gasteiger partial charge >= 0.3 is 0 Å². The van der Waals surface area contributed by atoms with Crippen molar-refractivity contribution in [2.24, 2.45) is 5.73 Å². The van der Waals surface area contributed by atoms with E-state index in [0.717, 1.165) is 6.54 Å². The van der Waals surface area contributed by atoms with Gasteiger partial charge in [0.15, 0.2) is 0 Å². The molecule has 2 nitrogen and oxygen atoms in total. The van der Waals surface area contributed by atoms with Crippen LogP contribution in [0.3, 0.4) is 0 Å². The van der Waals surface area contributed by atoms with Crippen LogP contribution >= 0.6 is 0 Å². The van der Waals surface area contributed by atoms with Gasteiger partial charge in [-0.2, -0.15) is 0 Å². The standard InChI is InChI=1S/C12H27N.C4H11N/c1-4-7-10-13(11-8-5-2)12-9-6-3;1-2-3-4-5/h4-12H2,1-3H3;2-5H2,1H3. The second kappa shape index (κ2) is 19.3. The predicted molar refractivity (Wildman–Crippen MR) is 85.1 cm³/mol. The molecule has 2 heteroatoms. The molecule has 0 atom stereocenters. The molecule has 0 saturated carbocycles. The molecule has 0 aliphatic rings. The maximum absolute atomic E-state index is 5.14. The summed E-state index contributed by atoms with van der Waals surface area (Å²) in [4.78, 5) is 2.64. The molecule has 0 bridgehead atoms. The zero-order valence-corrected chi connectivity index (χ0v) is 13.5. The Bertz CT molecular complexity index is 105. The first-order valence-corrected chi connectivity index (χ1v) is 8.19. The number of rotatable bonds is 11. The van der Waals surface area contributed by atoms with Gasteiger partial charge < -0.3 is 10.6 Å². The zero-order chi connectivity index (χ0) is 14.1. The molecule has 0 radical (unpaired) electrons. The second-order valence-electron chi connectivity index (χ2n) is 5.04. The van der Waals surface area contributed by atoms with Crippen molar-refractivity contribution in [2.75, 3.05) is 26.2 Å². The number of nitrogens with two attached hydrogens (primary N) is 1. The highest BCUT2D eigenvalue weighted by atomic mass is 15.1. The first kappa shape index (κ1) is 20.2. The number of hydrogen-bond donors (Lipinski definition) is 1. The van der Waals surface area contributed by atoms with E-state index in [0.29, 0.717) is 0 Å². The normalized spacial score (nSPS) is 10.3. The van der Waals surface area contributed by atoms with Crippen LogP contribution in [0.1, 0.15) is 79.1 Å². The van der Waals surface area contributed by atoms with E-state index in [-0.39, 0.29) is 0 Å². The Balaban J connectivity index is 0. The molecule has 0 fully saturated rings. The van der Waals surface area contributed by atoms with Gasteiger partial charge in [0.05, 0.1) is 0 Å². The lowest BCUT2D eigenvalue weighted by molar-refractivity contribution is 0.261. The van der Waals surface area contributed by atoms with Gasteiger partial charge in [-0.25, -0.2) is 0 Å². The van der Waals surface area contributed by atoms with Crippen molar-refractivity contribution in [2.45, 2.75) is 79.1 Å². The number of nitrogens with zero attached hydrogens (tertiary/aromatic N) is 1. The third-order valence-electron chi connectivity index (χ3n) is 3.04. The van der Waals surface area contributed by atoms with Crippen molar-refractivity contribution in [3.63, 3.8) is 0 Å². The minimum absolute atomic E-state index is 0.844. The van der Waals surface area contributed by atoms with Gasteiger partial charge in [-0.1, -0.05) is 53.4 Å². The molecule has 0 aromatic rings. The van der Waals surface area contributed by atoms with Crippen LogP contribution < -0.4 is 5.73 Å². The SMILES string of the molecule is CCCCN.CCCCN(CCCC)CCCC. The molecular formula is C16H38N2. The van der Waals surface area contributed by atoms with E-state index < -0.39 is 0 Å². The quantitative estimate of drug-likeness (QED) is 0.594. The Morgan fingerprint density at radius 1 is 0.611 bits per heavy atom. The van der Waals surface area contributed by atoms with E-state index >= 15 is 0 Å². The lowest BCUT2D eigenvalue weighted by Crippen LogP contribution is -2.27. The third-order valence-corrected chi connectivity index (χ3v) is 3.04. The van der Waals surface area contributed by atoms with Gasteiger partial charge in [0.2, 0.25) is 0 Å². The highest BCUT2D eigenvalue weighted by Crippen LogP contribution is 2.01. The van der Waals surface area contributed by atoms with Crippen LogP contribution in [0.15, 0.2) is 0 Å². The largest absolute Gasteiger partial charge is 0.330 e. The van der Waals surface area contributed by atoms with Crippen molar-refractivity contribution in [3.8, 4) is 0 Å². The summed E-state index contributed by atoms with van der Waals surface area (Å²) in [5.41, 5.74) is 5.14. The molecule has 0 saturated heterocycles. The maximum Gasteiger partial charge on any atom is -0.00188 e. The summed E-state index contributed by atoms with van der Waals surface area (Å²) < 4.78 is 0. The van der Waals surface area contributed by atoms with E-state index in [9.17, 15) is 0 Å². The average Bonchev–Trinajstić information content (AvgIpc) is 2.39. The molecular weight excluding hydrogens is 220 g/mol. The molecule has 2 N–H and O–H groups in total. The fraction of sp³-hybridized carbons (Fsp3) is 1.00. The zero-order valence-electron chi connectivity index (χ0n) is 13.5. The average molecular weight is 258 g/mol. The summed E-state index contributed by atoms with van der Waals surface area (Å²) in [6.07, 6.45) is 10.5. The molecule has 0 aromatic carbocycles. The molecule has 18 heavy (non-hydrogen) atoms. The monoisotopic (exact) mass is 258 g/mol. The number of hydrogen-bond acceptors (Lipinski definition) is 2. The van der Waals surface area contributed by atoms with E-state index in [4.69, 9.17) is 5.73 Å². The lowest BCUT2D eigenvalue weighted by atomic mass is 10.2. The first-order valence-electron chi connectivity index (χ1n) is 8.19. The molecule has 0 aromatic heterocycles. The third kappa shape index (κ3) is 18.3. The Morgan fingerprint density at radius 3 is 1.11 bits per heavy atom. The summed E-state index contributed by atoms with van der Waals surface area (Å²) >= 11 is 0. The van der Waals surface area contributed by atoms with Crippen LogP contribution in [-0.4, -0.2) is 31.1 Å². The topological polar surface area (TPSA) is 29.3 Å². The van der Waals surface area contributed by atoms with Gasteiger partial charge in [-0.05, 0) is 51.9 Å². The summed E-state index contributed by atoms with van der Waals surface area (Å²) in [6.45, 7) is 13.8. The summed E-state index contributed by atoms with van der Waals surface area (Å²) in [5, 5.41) is 0. The van der Waals surface area contributed by atoms with Crippen LogP contribution in [0.2, 0.25) is 0 Å². The summed E-state index contributed by atoms with van der Waals surface area (Å²) in [6, 6.07) is 0. The van der Waals surface area contributed by atoms with E-state index in [1.54, 1.807) is 0 Å². The summed E-state index contributed by atoms with van der Waals surface area (Å²) in [5.74, 6) is 0. The van der Waals surface area contributed by atoms with E-state index in [1.165, 1.54) is 71.0 Å². The lowest BCUT2D eigenvalue weighted by Gasteiger charge is -2.21. The van der Waals surface area contributed by atoms with Crippen LogP contribution in [0.4, 0.5) is 0 Å². The molecule has 0 amide bonds. The Hall–Kier alpha value is -0.0800. The van der Waals surface area contributed by atoms with Gasteiger partial charge in [0, 0.05) is 0 Å². The minimum atomic E-state index is 0.844. The van der Waals surface area contributed by atoms with Crippen molar-refractivity contribution in [1.29, 1.82) is 0 Å². The van der Waals surface area contributed by atoms with Gasteiger partial charge in [-0.15, -0.1) is 0 Å². The Kier molecular flexibility index (Phi) is 21.7. The fourth-order valence-electron chi connectivity index (χ4n) is 1.68. The van der Waals surface area contributed by atoms with Crippen molar-refractivity contribution < 1.29 is 0 Å². The highest BCUT2D eigenvalue weighted by Gasteiger charge is 2.01. The summed E-state index contributed by atoms with van der Waals surface area (Å²) in [7, 11) is 0. The molecule has 0 aliphatic carbocycles. The molecule has 0 unspecified atom stereocenters. The van der Waals surface area contributed by atoms with Crippen LogP contribution in [0.5, 0.6) is 0 Å². The van der Waals surface area contributed by atoms with Gasteiger partial charge in [0.1, 0.15) is 0 Å². The molecule has 0 aliphatic heterocycles. The van der Waals surface area contributed by atoms with Crippen LogP contribution in [-0.2, 0) is 0 Å². The molecule has 112 valence electrons. The van der Waals surface area contributed by atoms with Crippen LogP contribution in [0, 0.1) is 0 Å². The smallest absolute Gasteiger partial charge is 0.00188 e.